The second-order valence-electron chi connectivity index (χ2n) is 4.12. The highest BCUT2D eigenvalue weighted by atomic mass is 35.5. The first kappa shape index (κ1) is 16.7. The SMILES string of the molecule is Cc1ccc(Sc2c(Cl)c(Cl)nc(Cl)c2C(F)(F)F)cc1. The molecule has 1 nitrogen and oxygen atoms in total. The molecular weight excluding hydrogens is 366 g/mol. The molecule has 0 fully saturated rings. The Morgan fingerprint density at radius 2 is 1.57 bits per heavy atom. The maximum atomic E-state index is 13.1. The molecular formula is C13H7Cl3F3NS. The Balaban J connectivity index is 2.58. The number of hydrogen-bond acceptors (Lipinski definition) is 2. The fourth-order valence-electron chi connectivity index (χ4n) is 1.55. The number of hydrogen-bond donors (Lipinski definition) is 0. The molecule has 0 aliphatic rings. The molecule has 0 saturated carbocycles. The van der Waals surface area contributed by atoms with Crippen LogP contribution in [-0.4, -0.2) is 4.98 Å². The van der Waals surface area contributed by atoms with Crippen molar-refractivity contribution in [3.05, 3.63) is 50.7 Å². The zero-order valence-electron chi connectivity index (χ0n) is 10.4. The monoisotopic (exact) mass is 371 g/mol. The molecule has 0 unspecified atom stereocenters. The molecule has 112 valence electrons. The summed E-state index contributed by atoms with van der Waals surface area (Å²) in [6.45, 7) is 1.88. The molecule has 2 rings (SSSR count). The van der Waals surface area contributed by atoms with Crippen molar-refractivity contribution in [2.24, 2.45) is 0 Å². The van der Waals surface area contributed by atoms with Crippen LogP contribution in [-0.2, 0) is 6.18 Å². The van der Waals surface area contributed by atoms with Crippen LogP contribution in [0.3, 0.4) is 0 Å². The first-order valence-electron chi connectivity index (χ1n) is 5.56. The predicted molar refractivity (Wildman–Crippen MR) is 79.6 cm³/mol. The van der Waals surface area contributed by atoms with Crippen LogP contribution >= 0.6 is 46.6 Å². The smallest absolute Gasteiger partial charge is 0.222 e. The van der Waals surface area contributed by atoms with Gasteiger partial charge in [-0.05, 0) is 19.1 Å². The third-order valence-corrected chi connectivity index (χ3v) is 4.78. The second-order valence-corrected chi connectivity index (χ2v) is 6.30. The van der Waals surface area contributed by atoms with Crippen molar-refractivity contribution in [1.29, 1.82) is 0 Å². The highest BCUT2D eigenvalue weighted by Crippen LogP contribution is 2.47. The summed E-state index contributed by atoms with van der Waals surface area (Å²) >= 11 is 18.0. The largest absolute Gasteiger partial charge is 0.420 e. The van der Waals surface area contributed by atoms with Gasteiger partial charge < -0.3 is 0 Å². The lowest BCUT2D eigenvalue weighted by Crippen LogP contribution is -2.10. The van der Waals surface area contributed by atoms with Crippen LogP contribution in [0.25, 0.3) is 0 Å². The third-order valence-electron chi connectivity index (χ3n) is 2.53. The van der Waals surface area contributed by atoms with Gasteiger partial charge in [-0.15, -0.1) is 0 Å². The molecule has 2 aromatic rings. The molecule has 0 bridgehead atoms. The van der Waals surface area contributed by atoms with Crippen molar-refractivity contribution in [1.82, 2.24) is 4.98 Å². The van der Waals surface area contributed by atoms with Crippen molar-refractivity contribution in [3.63, 3.8) is 0 Å². The summed E-state index contributed by atoms with van der Waals surface area (Å²) in [5, 5.41) is -1.24. The molecule has 0 saturated heterocycles. The minimum absolute atomic E-state index is 0.252. The fraction of sp³-hybridized carbons (Fsp3) is 0.154. The zero-order chi connectivity index (χ0) is 15.8. The summed E-state index contributed by atoms with van der Waals surface area (Å²) in [7, 11) is 0. The van der Waals surface area contributed by atoms with Gasteiger partial charge in [0.2, 0.25) is 0 Å². The molecule has 0 amide bonds. The lowest BCUT2D eigenvalue weighted by atomic mass is 10.2. The number of alkyl halides is 3. The van der Waals surface area contributed by atoms with Gasteiger partial charge in [-0.25, -0.2) is 4.98 Å². The highest BCUT2D eigenvalue weighted by Gasteiger charge is 2.39. The maximum absolute atomic E-state index is 13.1. The van der Waals surface area contributed by atoms with Gasteiger partial charge in [0.05, 0.1) is 5.02 Å². The first-order valence-corrected chi connectivity index (χ1v) is 7.51. The number of aromatic nitrogens is 1. The van der Waals surface area contributed by atoms with E-state index in [9.17, 15) is 13.2 Å². The molecule has 0 spiro atoms. The van der Waals surface area contributed by atoms with Crippen molar-refractivity contribution in [3.8, 4) is 0 Å². The Morgan fingerprint density at radius 1 is 1.00 bits per heavy atom. The van der Waals surface area contributed by atoms with E-state index in [0.717, 1.165) is 17.3 Å². The van der Waals surface area contributed by atoms with E-state index in [-0.39, 0.29) is 15.1 Å². The van der Waals surface area contributed by atoms with E-state index in [1.165, 1.54) is 0 Å². The van der Waals surface area contributed by atoms with Crippen LogP contribution < -0.4 is 0 Å². The highest BCUT2D eigenvalue weighted by molar-refractivity contribution is 7.99. The van der Waals surface area contributed by atoms with Crippen LogP contribution in [0, 0.1) is 6.92 Å². The van der Waals surface area contributed by atoms with E-state index >= 15 is 0 Å². The molecule has 1 heterocycles. The lowest BCUT2D eigenvalue weighted by molar-refractivity contribution is -0.139. The molecule has 21 heavy (non-hydrogen) atoms. The number of rotatable bonds is 2. The summed E-state index contributed by atoms with van der Waals surface area (Å²) in [6, 6.07) is 6.96. The molecule has 1 aromatic carbocycles. The van der Waals surface area contributed by atoms with E-state index < -0.39 is 16.9 Å². The predicted octanol–water partition coefficient (Wildman–Crippen LogP) is 6.52. The van der Waals surface area contributed by atoms with E-state index in [2.05, 4.69) is 4.98 Å². The van der Waals surface area contributed by atoms with Gasteiger partial charge in [0, 0.05) is 9.79 Å². The molecule has 0 atom stereocenters. The van der Waals surface area contributed by atoms with E-state index in [4.69, 9.17) is 34.8 Å². The quantitative estimate of drug-likeness (QED) is 0.557. The summed E-state index contributed by atoms with van der Waals surface area (Å²) < 4.78 is 39.4. The minimum atomic E-state index is -4.68. The number of halogens is 6. The van der Waals surface area contributed by atoms with Crippen LogP contribution in [0.5, 0.6) is 0 Å². The van der Waals surface area contributed by atoms with Crippen molar-refractivity contribution in [2.75, 3.05) is 0 Å². The van der Waals surface area contributed by atoms with Gasteiger partial charge in [0.15, 0.2) is 5.15 Å². The van der Waals surface area contributed by atoms with Crippen molar-refractivity contribution >= 4 is 46.6 Å². The standard InChI is InChI=1S/C13H7Cl3F3NS/c1-6-2-4-7(5-3-6)21-10-8(13(17,18)19)11(15)20-12(16)9(10)14/h2-5H,1H3. The van der Waals surface area contributed by atoms with Gasteiger partial charge in [0.25, 0.3) is 0 Å². The van der Waals surface area contributed by atoms with Crippen LogP contribution in [0.15, 0.2) is 34.1 Å². The molecule has 8 heteroatoms. The molecule has 1 aromatic heterocycles. The average molecular weight is 373 g/mol. The van der Waals surface area contributed by atoms with E-state index in [0.29, 0.717) is 4.90 Å². The molecule has 0 N–H and O–H groups in total. The van der Waals surface area contributed by atoms with Crippen LogP contribution in [0.4, 0.5) is 13.2 Å². The van der Waals surface area contributed by atoms with Crippen LogP contribution in [0.2, 0.25) is 15.3 Å². The summed E-state index contributed by atoms with van der Waals surface area (Å²) in [5.74, 6) is 0. The number of pyridine rings is 1. The normalized spacial score (nSPS) is 11.8. The number of aryl methyl sites for hydroxylation is 1. The Kier molecular flexibility index (Phi) is 4.98. The molecule has 0 aliphatic heterocycles. The maximum Gasteiger partial charge on any atom is 0.420 e. The summed E-state index contributed by atoms with van der Waals surface area (Å²) in [4.78, 5) is 3.76. The topological polar surface area (TPSA) is 12.9 Å². The number of benzene rings is 1. The lowest BCUT2D eigenvalue weighted by Gasteiger charge is -2.15. The third kappa shape index (κ3) is 3.77. The fourth-order valence-corrected chi connectivity index (χ4v) is 3.44. The van der Waals surface area contributed by atoms with E-state index in [1.807, 2.05) is 6.92 Å². The zero-order valence-corrected chi connectivity index (χ0v) is 13.5. The Morgan fingerprint density at radius 3 is 2.10 bits per heavy atom. The average Bonchev–Trinajstić information content (AvgIpc) is 2.36. The Bertz CT molecular complexity index is 672. The van der Waals surface area contributed by atoms with Crippen molar-refractivity contribution in [2.45, 2.75) is 22.9 Å². The summed E-state index contributed by atoms with van der Waals surface area (Å²) in [5.41, 5.74) is -0.0866. The number of nitrogens with zero attached hydrogens (tertiary/aromatic N) is 1. The molecule has 0 aliphatic carbocycles. The Hall–Kier alpha value is -0.620. The van der Waals surface area contributed by atoms with Crippen molar-refractivity contribution < 1.29 is 13.2 Å². The second kappa shape index (κ2) is 6.24. The van der Waals surface area contributed by atoms with Gasteiger partial charge in [-0.1, -0.05) is 64.3 Å². The molecule has 0 radical (unpaired) electrons. The van der Waals surface area contributed by atoms with E-state index in [1.54, 1.807) is 24.3 Å². The Labute approximate surface area is 138 Å². The van der Waals surface area contributed by atoms with Gasteiger partial charge >= 0.3 is 6.18 Å². The van der Waals surface area contributed by atoms with Gasteiger partial charge in [0.1, 0.15) is 10.7 Å². The van der Waals surface area contributed by atoms with Gasteiger partial charge in [-0.3, -0.25) is 0 Å². The van der Waals surface area contributed by atoms with Crippen LogP contribution in [0.1, 0.15) is 11.1 Å². The minimum Gasteiger partial charge on any atom is -0.222 e. The summed E-state index contributed by atoms with van der Waals surface area (Å²) in [6.07, 6.45) is -4.68. The van der Waals surface area contributed by atoms with Gasteiger partial charge in [-0.2, -0.15) is 13.2 Å². The first-order chi connectivity index (χ1) is 9.70.